The van der Waals surface area contributed by atoms with E-state index in [4.69, 9.17) is 4.74 Å². The third-order valence-corrected chi connectivity index (χ3v) is 5.20. The van der Waals surface area contributed by atoms with Crippen molar-refractivity contribution in [2.45, 2.75) is 16.9 Å². The van der Waals surface area contributed by atoms with Crippen LogP contribution in [0, 0.1) is 0 Å². The van der Waals surface area contributed by atoms with Gasteiger partial charge in [-0.3, -0.25) is 4.79 Å². The number of rotatable bonds is 11. The molecular formula is C17H22N8O2S2. The van der Waals surface area contributed by atoms with Gasteiger partial charge in [-0.1, -0.05) is 23.5 Å². The van der Waals surface area contributed by atoms with Crippen LogP contribution in [-0.4, -0.2) is 74.4 Å². The summed E-state index contributed by atoms with van der Waals surface area (Å²) in [6, 6.07) is 1.74. The zero-order valence-corrected chi connectivity index (χ0v) is 17.8. The number of aromatic nitrogens is 6. The highest BCUT2D eigenvalue weighted by Gasteiger charge is 2.13. The Balaban J connectivity index is 1.58. The Kier molecular flexibility index (Phi) is 8.02. The van der Waals surface area contributed by atoms with Gasteiger partial charge in [-0.2, -0.15) is 5.10 Å². The Morgan fingerprint density at radius 1 is 1.21 bits per heavy atom. The fourth-order valence-corrected chi connectivity index (χ4v) is 3.43. The second kappa shape index (κ2) is 10.9. The molecule has 0 bridgehead atoms. The van der Waals surface area contributed by atoms with E-state index in [1.54, 1.807) is 36.4 Å². The monoisotopic (exact) mass is 434 g/mol. The molecule has 0 unspecified atom stereocenters. The van der Waals surface area contributed by atoms with Gasteiger partial charge < -0.3 is 15.4 Å². The van der Waals surface area contributed by atoms with Gasteiger partial charge in [0, 0.05) is 32.6 Å². The lowest BCUT2D eigenvalue weighted by Crippen LogP contribution is -2.29. The number of carbonyl (C=O) groups is 1. The van der Waals surface area contributed by atoms with Crippen molar-refractivity contribution in [2.75, 3.05) is 44.1 Å². The zero-order valence-electron chi connectivity index (χ0n) is 16.2. The molecule has 3 aromatic heterocycles. The summed E-state index contributed by atoms with van der Waals surface area (Å²) < 4.78 is 6.85. The van der Waals surface area contributed by atoms with Crippen molar-refractivity contribution in [3.05, 3.63) is 24.7 Å². The minimum Gasteiger partial charge on any atom is -0.383 e. The maximum absolute atomic E-state index is 12.0. The van der Waals surface area contributed by atoms with Crippen molar-refractivity contribution in [2.24, 2.45) is 0 Å². The topological polar surface area (TPSA) is 120 Å². The van der Waals surface area contributed by atoms with Gasteiger partial charge in [-0.05, 0) is 12.3 Å². The number of methoxy groups -OCH3 is 1. The molecule has 0 spiro atoms. The van der Waals surface area contributed by atoms with Gasteiger partial charge in [-0.25, -0.2) is 24.6 Å². The summed E-state index contributed by atoms with van der Waals surface area (Å²) in [5, 5.41) is 12.6. The number of amides is 1. The molecule has 0 aromatic carbocycles. The van der Waals surface area contributed by atoms with Crippen LogP contribution in [-0.2, 0) is 16.1 Å². The van der Waals surface area contributed by atoms with Gasteiger partial charge in [-0.15, -0.1) is 0 Å². The molecule has 0 aliphatic carbocycles. The summed E-state index contributed by atoms with van der Waals surface area (Å²) >= 11 is 2.76. The minimum absolute atomic E-state index is 0.0831. The second-order valence-corrected chi connectivity index (χ2v) is 7.47. The van der Waals surface area contributed by atoms with E-state index in [0.717, 1.165) is 16.9 Å². The van der Waals surface area contributed by atoms with Gasteiger partial charge in [0.15, 0.2) is 16.0 Å². The van der Waals surface area contributed by atoms with Crippen LogP contribution in [0.1, 0.15) is 0 Å². The molecule has 0 saturated heterocycles. The molecule has 0 saturated carbocycles. The maximum Gasteiger partial charge on any atom is 0.230 e. The van der Waals surface area contributed by atoms with Crippen molar-refractivity contribution in [1.29, 1.82) is 0 Å². The van der Waals surface area contributed by atoms with Crippen molar-refractivity contribution in [3.8, 4) is 0 Å². The molecule has 2 N–H and O–H groups in total. The molecule has 0 aliphatic rings. The first kappa shape index (κ1) is 21.3. The van der Waals surface area contributed by atoms with E-state index in [-0.39, 0.29) is 11.7 Å². The highest BCUT2D eigenvalue weighted by molar-refractivity contribution is 7.99. The van der Waals surface area contributed by atoms with Crippen LogP contribution in [0.15, 0.2) is 35.0 Å². The number of anilines is 1. The molecule has 10 nitrogen and oxygen atoms in total. The fourth-order valence-electron chi connectivity index (χ4n) is 2.44. The van der Waals surface area contributed by atoms with Crippen LogP contribution in [0.25, 0.3) is 11.0 Å². The summed E-state index contributed by atoms with van der Waals surface area (Å²) in [5.41, 5.74) is 0.727. The van der Waals surface area contributed by atoms with Crippen LogP contribution in [0.2, 0.25) is 0 Å². The van der Waals surface area contributed by atoms with E-state index in [1.165, 1.54) is 23.5 Å². The largest absolute Gasteiger partial charge is 0.383 e. The number of hydrogen-bond acceptors (Lipinski definition) is 10. The summed E-state index contributed by atoms with van der Waals surface area (Å²) in [5.74, 6) is 0.905. The van der Waals surface area contributed by atoms with Crippen LogP contribution in [0.4, 0.5) is 5.82 Å². The summed E-state index contributed by atoms with van der Waals surface area (Å²) in [4.78, 5) is 29.3. The smallest absolute Gasteiger partial charge is 0.230 e. The van der Waals surface area contributed by atoms with Crippen molar-refractivity contribution in [1.82, 2.24) is 35.0 Å². The molecular weight excluding hydrogens is 412 g/mol. The minimum atomic E-state index is -0.0831. The normalized spacial score (nSPS) is 11.0. The third-order valence-electron chi connectivity index (χ3n) is 3.78. The summed E-state index contributed by atoms with van der Waals surface area (Å²) in [6.45, 7) is 2.16. The number of nitrogens with one attached hydrogen (secondary N) is 2. The van der Waals surface area contributed by atoms with E-state index in [2.05, 4.69) is 35.7 Å². The first-order valence-corrected chi connectivity index (χ1v) is 11.1. The lowest BCUT2D eigenvalue weighted by Gasteiger charge is -2.09. The number of ether oxygens (including phenoxy) is 1. The predicted octanol–water partition coefficient (Wildman–Crippen LogP) is 1.30. The number of hydrogen-bond donors (Lipinski definition) is 2. The molecule has 0 aliphatic heterocycles. The molecule has 29 heavy (non-hydrogen) atoms. The molecule has 0 fully saturated rings. The summed E-state index contributed by atoms with van der Waals surface area (Å²) in [6.07, 6.45) is 6.96. The van der Waals surface area contributed by atoms with Gasteiger partial charge in [0.25, 0.3) is 0 Å². The molecule has 12 heteroatoms. The molecule has 1 amide bonds. The van der Waals surface area contributed by atoms with Gasteiger partial charge in [0.05, 0.1) is 30.5 Å². The number of carbonyl (C=O) groups excluding carboxylic acids is 1. The van der Waals surface area contributed by atoms with Crippen molar-refractivity contribution >= 4 is 46.3 Å². The Morgan fingerprint density at radius 3 is 2.79 bits per heavy atom. The Labute approximate surface area is 176 Å². The quantitative estimate of drug-likeness (QED) is 0.260. The Morgan fingerprint density at radius 2 is 2.03 bits per heavy atom. The van der Waals surface area contributed by atoms with Crippen LogP contribution >= 0.6 is 23.5 Å². The molecule has 3 rings (SSSR count). The zero-order chi connectivity index (χ0) is 20.5. The van der Waals surface area contributed by atoms with E-state index in [9.17, 15) is 4.79 Å². The van der Waals surface area contributed by atoms with Gasteiger partial charge in [0.1, 0.15) is 5.82 Å². The second-order valence-electron chi connectivity index (χ2n) is 5.75. The SMILES string of the molecule is COCCNc1nc(SC)nc2c1cnn2CCNC(=O)CSc1ncccn1. The highest BCUT2D eigenvalue weighted by Crippen LogP contribution is 2.23. The van der Waals surface area contributed by atoms with Crippen molar-refractivity contribution < 1.29 is 9.53 Å². The standard InChI is InChI=1S/C17H22N8O2S2/c1-27-9-7-19-14-12-10-22-25(15(12)24-17(23-14)28-2)8-6-18-13(26)11-29-16-20-4-3-5-21-16/h3-5,10H,6-9,11H2,1-2H3,(H,18,26)(H,19,23,24). The third kappa shape index (κ3) is 6.02. The van der Waals surface area contributed by atoms with Crippen LogP contribution in [0.5, 0.6) is 0 Å². The maximum atomic E-state index is 12.0. The van der Waals surface area contributed by atoms with Gasteiger partial charge >= 0.3 is 0 Å². The molecule has 0 radical (unpaired) electrons. The van der Waals surface area contributed by atoms with Crippen LogP contribution in [0.3, 0.4) is 0 Å². The predicted molar refractivity (Wildman–Crippen MR) is 113 cm³/mol. The van der Waals surface area contributed by atoms with Crippen LogP contribution < -0.4 is 10.6 Å². The summed E-state index contributed by atoms with van der Waals surface area (Å²) in [7, 11) is 1.66. The Bertz CT molecular complexity index is 938. The Hall–Kier alpha value is -2.44. The van der Waals surface area contributed by atoms with E-state index >= 15 is 0 Å². The first-order valence-electron chi connectivity index (χ1n) is 8.88. The number of fused-ring (bicyclic) bond motifs is 1. The van der Waals surface area contributed by atoms with Crippen molar-refractivity contribution in [3.63, 3.8) is 0 Å². The number of nitrogens with zero attached hydrogens (tertiary/aromatic N) is 6. The molecule has 3 aromatic rings. The molecule has 3 heterocycles. The van der Waals surface area contributed by atoms with E-state index in [1.807, 2.05) is 6.26 Å². The highest BCUT2D eigenvalue weighted by atomic mass is 32.2. The average molecular weight is 435 g/mol. The average Bonchev–Trinajstić information content (AvgIpc) is 3.16. The number of thioether (sulfide) groups is 2. The van der Waals surface area contributed by atoms with E-state index in [0.29, 0.717) is 36.6 Å². The fraction of sp³-hybridized carbons (Fsp3) is 0.412. The van der Waals surface area contributed by atoms with Gasteiger partial charge in [0.2, 0.25) is 5.91 Å². The van der Waals surface area contributed by atoms with E-state index < -0.39 is 0 Å². The lowest BCUT2D eigenvalue weighted by atomic mass is 10.4. The lowest BCUT2D eigenvalue weighted by molar-refractivity contribution is -0.118. The molecule has 0 atom stereocenters. The molecule has 154 valence electrons. The first-order chi connectivity index (χ1) is 14.2.